The number of para-hydroxylation sites is 1. The Morgan fingerprint density at radius 2 is 1.77 bits per heavy atom. The largest absolute Gasteiger partial charge is 0.496 e. The molecule has 0 bridgehead atoms. The van der Waals surface area contributed by atoms with Gasteiger partial charge in [-0.15, -0.1) is 0 Å². The van der Waals surface area contributed by atoms with Crippen LogP contribution in [0.15, 0.2) is 54.6 Å². The van der Waals surface area contributed by atoms with Gasteiger partial charge in [0.1, 0.15) is 5.75 Å². The first-order valence-corrected chi connectivity index (χ1v) is 11.9. The van der Waals surface area contributed by atoms with Crippen LogP contribution < -0.4 is 25.8 Å². The lowest BCUT2D eigenvalue weighted by Crippen LogP contribution is -2.61. The second kappa shape index (κ2) is 10.2. The van der Waals surface area contributed by atoms with Gasteiger partial charge in [0.05, 0.1) is 12.7 Å². The molecule has 1 fully saturated rings. The Morgan fingerprint density at radius 3 is 2.42 bits per heavy atom. The van der Waals surface area contributed by atoms with Crippen LogP contribution in [0.3, 0.4) is 0 Å². The number of sulfonamides is 1. The van der Waals surface area contributed by atoms with Crippen LogP contribution in [0.25, 0.3) is 0 Å². The molecule has 1 saturated heterocycles. The van der Waals surface area contributed by atoms with Crippen molar-refractivity contribution in [2.45, 2.75) is 23.6 Å². The van der Waals surface area contributed by atoms with Gasteiger partial charge >= 0.3 is 0 Å². The zero-order valence-electron chi connectivity index (χ0n) is 17.6. The number of rotatable bonds is 9. The van der Waals surface area contributed by atoms with Gasteiger partial charge in [-0.3, -0.25) is 4.79 Å². The third-order valence-electron chi connectivity index (χ3n) is 5.72. The van der Waals surface area contributed by atoms with E-state index in [1.165, 1.54) is 7.11 Å². The first-order chi connectivity index (χ1) is 14.9. The molecule has 2 aromatic rings. The molecule has 1 unspecified atom stereocenters. The van der Waals surface area contributed by atoms with Crippen molar-refractivity contribution in [2.24, 2.45) is 5.73 Å². The third-order valence-corrected chi connectivity index (χ3v) is 7.51. The van der Waals surface area contributed by atoms with E-state index in [0.717, 1.165) is 5.56 Å². The number of hydrogen-bond donors (Lipinski definition) is 4. The van der Waals surface area contributed by atoms with Gasteiger partial charge in [-0.2, -0.15) is 0 Å². The lowest BCUT2D eigenvalue weighted by molar-refractivity contribution is 0.0922. The molecule has 0 spiro atoms. The average molecular weight is 447 g/mol. The van der Waals surface area contributed by atoms with Crippen molar-refractivity contribution in [1.29, 1.82) is 0 Å². The van der Waals surface area contributed by atoms with Crippen LogP contribution in [0.4, 0.5) is 0 Å². The number of hydrogen-bond acceptors (Lipinski definition) is 6. The summed E-state index contributed by atoms with van der Waals surface area (Å²) in [6.45, 7) is 1.53. The van der Waals surface area contributed by atoms with E-state index in [-0.39, 0.29) is 18.7 Å². The summed E-state index contributed by atoms with van der Waals surface area (Å²) in [7, 11) is -2.47. The summed E-state index contributed by atoms with van der Waals surface area (Å²) in [5.74, 6) is -0.125. The number of nitrogens with two attached hydrogens (primary N) is 1. The number of ether oxygens (including phenoxy) is 1. The third kappa shape index (κ3) is 5.07. The molecule has 0 aliphatic carbocycles. The predicted octanol–water partition coefficient (Wildman–Crippen LogP) is 0.951. The van der Waals surface area contributed by atoms with Gasteiger partial charge in [-0.25, -0.2) is 13.1 Å². The van der Waals surface area contributed by atoms with Crippen molar-refractivity contribution in [1.82, 2.24) is 15.4 Å². The lowest BCUT2D eigenvalue weighted by atomic mass is 9.72. The minimum Gasteiger partial charge on any atom is -0.496 e. The van der Waals surface area contributed by atoms with E-state index in [1.54, 1.807) is 24.3 Å². The molecule has 0 radical (unpaired) electrons. The van der Waals surface area contributed by atoms with Crippen LogP contribution in [0.5, 0.6) is 5.75 Å². The maximum atomic E-state index is 13.5. The van der Waals surface area contributed by atoms with E-state index >= 15 is 0 Å². The minimum atomic E-state index is -3.94. The number of amides is 1. The number of nitrogens with one attached hydrogen (secondary N) is 3. The molecule has 31 heavy (non-hydrogen) atoms. The van der Waals surface area contributed by atoms with Gasteiger partial charge in [0.25, 0.3) is 5.91 Å². The highest BCUT2D eigenvalue weighted by atomic mass is 32.2. The fourth-order valence-corrected chi connectivity index (χ4v) is 5.97. The molecule has 3 rings (SSSR count). The quantitative estimate of drug-likeness (QED) is 0.455. The Bertz CT molecular complexity index is 976. The molecule has 168 valence electrons. The highest BCUT2D eigenvalue weighted by Crippen LogP contribution is 2.39. The molecule has 0 aromatic heterocycles. The molecule has 1 aliphatic heterocycles. The van der Waals surface area contributed by atoms with Crippen LogP contribution in [0, 0.1) is 0 Å². The van der Waals surface area contributed by atoms with Crippen molar-refractivity contribution < 1.29 is 17.9 Å². The molecule has 1 amide bonds. The Kier molecular flexibility index (Phi) is 7.66. The molecule has 1 aliphatic rings. The van der Waals surface area contributed by atoms with Crippen molar-refractivity contribution >= 4 is 15.9 Å². The maximum Gasteiger partial charge on any atom is 0.256 e. The van der Waals surface area contributed by atoms with Crippen molar-refractivity contribution in [2.75, 3.05) is 33.3 Å². The standard InChI is InChI=1S/C22H30N4O4S/c1-30-19-10-6-5-9-18(19)20(27)26-21(31(28,29)25-16-13-23)22(11-14-24-15-12-22)17-7-3-2-4-8-17/h2-10,21,24-25H,11-16,23H2,1H3,(H,26,27). The summed E-state index contributed by atoms with van der Waals surface area (Å²) in [4.78, 5) is 13.2. The van der Waals surface area contributed by atoms with Gasteiger partial charge in [0.15, 0.2) is 5.37 Å². The molecular weight excluding hydrogens is 416 g/mol. The number of carbonyl (C=O) groups excluding carboxylic acids is 1. The predicted molar refractivity (Wildman–Crippen MR) is 120 cm³/mol. The van der Waals surface area contributed by atoms with Gasteiger partial charge in [0, 0.05) is 18.5 Å². The molecule has 1 heterocycles. The van der Waals surface area contributed by atoms with Crippen molar-refractivity contribution in [3.05, 3.63) is 65.7 Å². The van der Waals surface area contributed by atoms with Crippen LogP contribution in [0.1, 0.15) is 28.8 Å². The topological polar surface area (TPSA) is 123 Å². The van der Waals surface area contributed by atoms with E-state index in [1.807, 2.05) is 30.3 Å². The number of piperidine rings is 1. The molecule has 9 heteroatoms. The summed E-state index contributed by atoms with van der Waals surface area (Å²) >= 11 is 0. The van der Waals surface area contributed by atoms with E-state index < -0.39 is 26.7 Å². The molecule has 8 nitrogen and oxygen atoms in total. The van der Waals surface area contributed by atoms with E-state index in [2.05, 4.69) is 15.4 Å². The number of methoxy groups -OCH3 is 1. The van der Waals surface area contributed by atoms with Crippen LogP contribution in [0.2, 0.25) is 0 Å². The Labute approximate surface area is 183 Å². The van der Waals surface area contributed by atoms with E-state index in [0.29, 0.717) is 31.7 Å². The van der Waals surface area contributed by atoms with Crippen LogP contribution in [-0.4, -0.2) is 53.0 Å². The second-order valence-electron chi connectivity index (χ2n) is 7.55. The summed E-state index contributed by atoms with van der Waals surface area (Å²) in [6, 6.07) is 16.3. The average Bonchev–Trinajstić information content (AvgIpc) is 2.82. The minimum absolute atomic E-state index is 0.0898. The lowest BCUT2D eigenvalue weighted by Gasteiger charge is -2.44. The maximum absolute atomic E-state index is 13.5. The Morgan fingerprint density at radius 1 is 1.13 bits per heavy atom. The molecule has 2 aromatic carbocycles. The fourth-order valence-electron chi connectivity index (χ4n) is 4.17. The van der Waals surface area contributed by atoms with Gasteiger partial charge < -0.3 is 21.1 Å². The fraction of sp³-hybridized carbons (Fsp3) is 0.409. The summed E-state index contributed by atoms with van der Waals surface area (Å²) in [5, 5.41) is 4.94. The highest BCUT2D eigenvalue weighted by Gasteiger charge is 2.49. The van der Waals surface area contributed by atoms with E-state index in [4.69, 9.17) is 10.5 Å². The summed E-state index contributed by atoms with van der Waals surface area (Å²) in [5.41, 5.74) is 5.90. The van der Waals surface area contributed by atoms with Gasteiger partial charge in [-0.05, 0) is 43.6 Å². The molecule has 0 saturated carbocycles. The molecule has 1 atom stereocenters. The zero-order valence-corrected chi connectivity index (χ0v) is 18.5. The molecule has 5 N–H and O–H groups in total. The monoisotopic (exact) mass is 446 g/mol. The van der Waals surface area contributed by atoms with Crippen molar-refractivity contribution in [3.8, 4) is 5.75 Å². The number of carbonyl (C=O) groups is 1. The highest BCUT2D eigenvalue weighted by molar-refractivity contribution is 7.90. The van der Waals surface area contributed by atoms with Gasteiger partial charge in [0.2, 0.25) is 10.0 Å². The normalized spacial score (nSPS) is 17.0. The van der Waals surface area contributed by atoms with E-state index in [9.17, 15) is 13.2 Å². The number of benzene rings is 2. The Hall–Kier alpha value is -2.46. The van der Waals surface area contributed by atoms with Gasteiger partial charge in [-0.1, -0.05) is 42.5 Å². The van der Waals surface area contributed by atoms with Crippen LogP contribution >= 0.6 is 0 Å². The smallest absolute Gasteiger partial charge is 0.256 e. The summed E-state index contributed by atoms with van der Waals surface area (Å²) in [6.07, 6.45) is 1.11. The Balaban J connectivity index is 2.08. The zero-order chi connectivity index (χ0) is 22.3. The summed E-state index contributed by atoms with van der Waals surface area (Å²) < 4.78 is 34.8. The SMILES string of the molecule is COc1ccccc1C(=O)NC(C1(c2ccccc2)CCNCC1)S(=O)(=O)NCCN. The second-order valence-corrected chi connectivity index (χ2v) is 9.40. The molecular formula is C22H30N4O4S. The first-order valence-electron chi connectivity index (χ1n) is 10.3. The van der Waals surface area contributed by atoms with Crippen LogP contribution in [-0.2, 0) is 15.4 Å². The first kappa shape index (κ1) is 23.2. The van der Waals surface area contributed by atoms with Crippen molar-refractivity contribution in [3.63, 3.8) is 0 Å².